The lowest BCUT2D eigenvalue weighted by Crippen LogP contribution is -2.27. The fourth-order valence-corrected chi connectivity index (χ4v) is 9.83. The molecule has 1 fully saturated rings. The molecule has 2 heterocycles. The van der Waals surface area contributed by atoms with Gasteiger partial charge in [0.2, 0.25) is 0 Å². The van der Waals surface area contributed by atoms with E-state index in [1.807, 2.05) is 0 Å². The molecule has 1 saturated carbocycles. The lowest BCUT2D eigenvalue weighted by molar-refractivity contribution is 0.446. The van der Waals surface area contributed by atoms with Crippen molar-refractivity contribution >= 4 is 60.9 Å². The summed E-state index contributed by atoms with van der Waals surface area (Å²) >= 11 is 0. The van der Waals surface area contributed by atoms with Crippen molar-refractivity contribution in [2.24, 2.45) is 0 Å². The maximum absolute atomic E-state index is 6.69. The average molecular weight is 750 g/mol. The number of fused-ring (bicyclic) bond motifs is 6. The highest BCUT2D eigenvalue weighted by Gasteiger charge is 2.35. The van der Waals surface area contributed by atoms with Crippen molar-refractivity contribution in [2.45, 2.75) is 43.9 Å². The molecule has 0 aliphatic heterocycles. The molecule has 0 amide bonds. The summed E-state index contributed by atoms with van der Waals surface area (Å²) in [6, 6.07) is 67.9. The van der Waals surface area contributed by atoms with Crippen LogP contribution < -0.4 is 4.90 Å². The normalized spacial score (nSPS) is 14.3. The Bertz CT molecular complexity index is 3040. The molecule has 3 heteroatoms. The molecule has 0 atom stereocenters. The third-order valence-electron chi connectivity index (χ3n) is 12.6. The minimum Gasteiger partial charge on any atom is -0.456 e. The van der Waals surface area contributed by atoms with Crippen LogP contribution >= 0.6 is 0 Å². The van der Waals surface area contributed by atoms with Gasteiger partial charge in [-0.05, 0) is 101 Å². The summed E-state index contributed by atoms with van der Waals surface area (Å²) in [6.45, 7) is 0. The van der Waals surface area contributed by atoms with Gasteiger partial charge in [-0.1, -0.05) is 153 Å². The molecule has 0 N–H and O–H groups in total. The number of hydrogen-bond acceptors (Lipinski definition) is 3. The van der Waals surface area contributed by atoms with E-state index in [9.17, 15) is 0 Å². The number of hydrogen-bond donors (Lipinski definition) is 0. The van der Waals surface area contributed by atoms with Crippen molar-refractivity contribution < 1.29 is 8.83 Å². The number of anilines is 3. The molecule has 1 aliphatic rings. The first kappa shape index (κ1) is 34.4. The lowest BCUT2D eigenvalue weighted by atomic mass is 9.69. The molecule has 0 radical (unpaired) electrons. The van der Waals surface area contributed by atoms with Crippen LogP contribution in [0.4, 0.5) is 17.1 Å². The van der Waals surface area contributed by atoms with Crippen LogP contribution in [0.25, 0.3) is 66.1 Å². The molecule has 0 saturated heterocycles. The first-order valence-electron chi connectivity index (χ1n) is 20.7. The van der Waals surface area contributed by atoms with Crippen LogP contribution in [-0.4, -0.2) is 0 Å². The molecule has 0 bridgehead atoms. The molecular weight excluding hydrogens is 707 g/mol. The average Bonchev–Trinajstić information content (AvgIpc) is 3.75. The Morgan fingerprint density at radius 3 is 1.52 bits per heavy atom. The predicted octanol–water partition coefficient (Wildman–Crippen LogP) is 15.9. The van der Waals surface area contributed by atoms with Gasteiger partial charge >= 0.3 is 0 Å². The Labute approximate surface area is 338 Å². The maximum atomic E-state index is 6.69. The van der Waals surface area contributed by atoms with Gasteiger partial charge in [-0.25, -0.2) is 0 Å². The Kier molecular flexibility index (Phi) is 8.47. The van der Waals surface area contributed by atoms with Crippen molar-refractivity contribution in [1.29, 1.82) is 0 Å². The molecule has 0 spiro atoms. The van der Waals surface area contributed by atoms with Crippen LogP contribution in [0.1, 0.15) is 49.7 Å². The minimum absolute atomic E-state index is 0.00717. The molecule has 3 nitrogen and oxygen atoms in total. The predicted molar refractivity (Wildman–Crippen MR) is 241 cm³/mol. The van der Waals surface area contributed by atoms with Gasteiger partial charge < -0.3 is 13.7 Å². The first-order chi connectivity index (χ1) is 28.7. The molecule has 1 aliphatic carbocycles. The van der Waals surface area contributed by atoms with Gasteiger partial charge in [0.25, 0.3) is 0 Å². The van der Waals surface area contributed by atoms with Gasteiger partial charge in [-0.3, -0.25) is 0 Å². The SMILES string of the molecule is c1ccc(-c2cccc3oc4cc(N(c5ccc(C6(c7ccccc7)CCCCCC6)cc5)c5ccc6oc7cccc(-c8ccccc8)c7c6c5)ccc4c23)cc1. The standard InChI is InChI=1S/C55H43NO2/c1-2-13-35-55(34-12-1,40-20-10-5-11-21-40)41-26-28-42(29-27-41)56(43-31-33-49-48(36-43)54-46(23-15-25-51(54)57-49)39-18-8-4-9-19-39)44-30-32-47-52(37-44)58-50-24-14-22-45(53(47)50)38-16-6-3-7-17-38/h3-11,14-33,36-37H,1-2,12-13,34-35H2. The van der Waals surface area contributed by atoms with Gasteiger partial charge in [0, 0.05) is 50.1 Å². The van der Waals surface area contributed by atoms with E-state index in [2.05, 4.69) is 193 Å². The van der Waals surface area contributed by atoms with E-state index in [1.54, 1.807) is 0 Å². The van der Waals surface area contributed by atoms with Crippen molar-refractivity contribution in [3.8, 4) is 22.3 Å². The zero-order valence-corrected chi connectivity index (χ0v) is 32.4. The van der Waals surface area contributed by atoms with E-state index in [-0.39, 0.29) is 5.41 Å². The second-order valence-electron chi connectivity index (χ2n) is 15.9. The molecule has 58 heavy (non-hydrogen) atoms. The third-order valence-corrected chi connectivity index (χ3v) is 12.6. The highest BCUT2D eigenvalue weighted by molar-refractivity contribution is 6.15. The second kappa shape index (κ2) is 14.3. The van der Waals surface area contributed by atoms with E-state index in [0.29, 0.717) is 0 Å². The molecular formula is C55H43NO2. The topological polar surface area (TPSA) is 29.5 Å². The fraction of sp³-hybridized carbons (Fsp3) is 0.127. The molecule has 0 unspecified atom stereocenters. The van der Waals surface area contributed by atoms with Gasteiger partial charge in [-0.2, -0.15) is 0 Å². The smallest absolute Gasteiger partial charge is 0.137 e. The number of furan rings is 2. The zero-order chi connectivity index (χ0) is 38.5. The largest absolute Gasteiger partial charge is 0.456 e. The monoisotopic (exact) mass is 749 g/mol. The number of rotatable bonds is 7. The summed E-state index contributed by atoms with van der Waals surface area (Å²) in [7, 11) is 0. The van der Waals surface area contributed by atoms with Crippen LogP contribution in [0.5, 0.6) is 0 Å². The van der Waals surface area contributed by atoms with E-state index in [4.69, 9.17) is 8.83 Å². The quantitative estimate of drug-likeness (QED) is 0.152. The van der Waals surface area contributed by atoms with Crippen LogP contribution in [-0.2, 0) is 5.41 Å². The van der Waals surface area contributed by atoms with Crippen LogP contribution in [0.2, 0.25) is 0 Å². The Morgan fingerprint density at radius 1 is 0.362 bits per heavy atom. The number of nitrogens with zero attached hydrogens (tertiary/aromatic N) is 1. The second-order valence-corrected chi connectivity index (χ2v) is 15.9. The summed E-state index contributed by atoms with van der Waals surface area (Å²) in [4.78, 5) is 2.38. The highest BCUT2D eigenvalue weighted by Crippen LogP contribution is 2.47. The number of benzene rings is 8. The summed E-state index contributed by atoms with van der Waals surface area (Å²) in [6.07, 6.45) is 7.43. The summed E-state index contributed by atoms with van der Waals surface area (Å²) in [5.74, 6) is 0. The molecule has 8 aromatic carbocycles. The Balaban J connectivity index is 1.10. The van der Waals surface area contributed by atoms with Gasteiger partial charge in [0.15, 0.2) is 0 Å². The van der Waals surface area contributed by atoms with Crippen molar-refractivity contribution in [3.05, 3.63) is 199 Å². The zero-order valence-electron chi connectivity index (χ0n) is 32.4. The first-order valence-corrected chi connectivity index (χ1v) is 20.7. The lowest BCUT2D eigenvalue weighted by Gasteiger charge is -2.35. The van der Waals surface area contributed by atoms with Crippen LogP contribution in [0, 0.1) is 0 Å². The minimum atomic E-state index is 0.00717. The Morgan fingerprint density at radius 2 is 0.879 bits per heavy atom. The molecule has 11 rings (SSSR count). The highest BCUT2D eigenvalue weighted by atomic mass is 16.3. The molecule has 2 aromatic heterocycles. The van der Waals surface area contributed by atoms with Crippen LogP contribution in [0.3, 0.4) is 0 Å². The van der Waals surface area contributed by atoms with Gasteiger partial charge in [0.05, 0.1) is 0 Å². The van der Waals surface area contributed by atoms with E-state index < -0.39 is 0 Å². The van der Waals surface area contributed by atoms with Crippen molar-refractivity contribution in [2.75, 3.05) is 4.90 Å². The Hall–Kier alpha value is -6.84. The van der Waals surface area contributed by atoms with E-state index in [1.165, 1.54) is 66.3 Å². The van der Waals surface area contributed by atoms with Gasteiger partial charge in [-0.15, -0.1) is 0 Å². The van der Waals surface area contributed by atoms with E-state index in [0.717, 1.165) is 66.5 Å². The molecule has 280 valence electrons. The van der Waals surface area contributed by atoms with Crippen molar-refractivity contribution in [1.82, 2.24) is 0 Å². The summed E-state index contributed by atoms with van der Waals surface area (Å²) < 4.78 is 13.2. The summed E-state index contributed by atoms with van der Waals surface area (Å²) in [5.41, 5.74) is 14.2. The van der Waals surface area contributed by atoms with E-state index >= 15 is 0 Å². The third kappa shape index (κ3) is 5.80. The summed E-state index contributed by atoms with van der Waals surface area (Å²) in [5, 5.41) is 4.46. The maximum Gasteiger partial charge on any atom is 0.137 e. The van der Waals surface area contributed by atoms with Crippen molar-refractivity contribution in [3.63, 3.8) is 0 Å². The fourth-order valence-electron chi connectivity index (χ4n) is 9.83. The molecule has 10 aromatic rings. The van der Waals surface area contributed by atoms with Crippen LogP contribution in [0.15, 0.2) is 197 Å². The van der Waals surface area contributed by atoms with Gasteiger partial charge in [0.1, 0.15) is 22.3 Å².